The minimum atomic E-state index is -0.105. The lowest BCUT2D eigenvalue weighted by atomic mass is 9.96. The van der Waals surface area contributed by atoms with Crippen LogP contribution in [0.4, 0.5) is 0 Å². The molecule has 1 atom stereocenters. The van der Waals surface area contributed by atoms with Gasteiger partial charge in [-0.05, 0) is 64.4 Å². The van der Waals surface area contributed by atoms with E-state index in [-0.39, 0.29) is 6.04 Å². The molecule has 0 aliphatic heterocycles. The smallest absolute Gasteiger partial charge is 0.181 e. The van der Waals surface area contributed by atoms with E-state index in [4.69, 9.17) is 10.2 Å². The molecule has 33 heavy (non-hydrogen) atoms. The quantitative estimate of drug-likeness (QED) is 0.334. The van der Waals surface area contributed by atoms with Crippen molar-refractivity contribution in [3.63, 3.8) is 0 Å². The molecule has 0 radical (unpaired) electrons. The van der Waals surface area contributed by atoms with E-state index in [0.717, 1.165) is 39.2 Å². The fourth-order valence-corrected chi connectivity index (χ4v) is 3.07. The van der Waals surface area contributed by atoms with Crippen molar-refractivity contribution < 1.29 is 4.42 Å². The van der Waals surface area contributed by atoms with Gasteiger partial charge in [0.2, 0.25) is 0 Å². The molecule has 0 bridgehead atoms. The van der Waals surface area contributed by atoms with E-state index in [9.17, 15) is 0 Å². The van der Waals surface area contributed by atoms with Crippen LogP contribution < -0.4 is 5.73 Å². The Hall–Kier alpha value is -3.57. The van der Waals surface area contributed by atoms with Crippen molar-refractivity contribution in [3.8, 4) is 22.6 Å². The van der Waals surface area contributed by atoms with Crippen LogP contribution in [0.15, 0.2) is 88.3 Å². The van der Waals surface area contributed by atoms with Crippen LogP contribution in [-0.2, 0) is 0 Å². The maximum atomic E-state index is 5.96. The molecule has 2 N–H and O–H groups in total. The third-order valence-corrected chi connectivity index (χ3v) is 4.69. The topological polar surface area (TPSA) is 77.3 Å². The Morgan fingerprint density at radius 3 is 2.55 bits per heavy atom. The molecule has 0 saturated carbocycles. The molecule has 0 spiro atoms. The average Bonchev–Trinajstić information content (AvgIpc) is 3.30. The monoisotopic (exact) mass is 442 g/mol. The second-order valence-electron chi connectivity index (χ2n) is 8.19. The third-order valence-electron chi connectivity index (χ3n) is 4.69. The Morgan fingerprint density at radius 2 is 1.97 bits per heavy atom. The van der Waals surface area contributed by atoms with Gasteiger partial charge in [-0.1, -0.05) is 42.0 Å². The Labute approximate surface area is 197 Å². The second kappa shape index (κ2) is 12.5. The maximum Gasteiger partial charge on any atom is 0.181 e. The van der Waals surface area contributed by atoms with E-state index >= 15 is 0 Å². The number of aliphatic imine (C=N–C) groups is 1. The van der Waals surface area contributed by atoms with Crippen LogP contribution in [0.3, 0.4) is 0 Å². The van der Waals surface area contributed by atoms with Gasteiger partial charge in [0.05, 0.1) is 17.6 Å². The molecular weight excluding hydrogens is 408 g/mol. The van der Waals surface area contributed by atoms with Crippen LogP contribution in [0, 0.1) is 6.92 Å². The molecule has 5 heteroatoms. The Kier molecular flexibility index (Phi) is 9.70. The minimum absolute atomic E-state index is 0.105. The summed E-state index contributed by atoms with van der Waals surface area (Å²) in [5.74, 6) is 0.707. The molecule has 0 aliphatic rings. The van der Waals surface area contributed by atoms with E-state index < -0.39 is 0 Å². The van der Waals surface area contributed by atoms with Gasteiger partial charge in [0.1, 0.15) is 0 Å². The van der Waals surface area contributed by atoms with Crippen molar-refractivity contribution in [3.05, 3.63) is 95.7 Å². The predicted octanol–water partition coefficient (Wildman–Crippen LogP) is 6.87. The first-order valence-electron chi connectivity index (χ1n) is 10.9. The molecule has 0 amide bonds. The van der Waals surface area contributed by atoms with Gasteiger partial charge >= 0.3 is 0 Å². The first-order chi connectivity index (χ1) is 15.7. The zero-order chi connectivity index (χ0) is 24.4. The highest BCUT2D eigenvalue weighted by atomic mass is 16.3. The summed E-state index contributed by atoms with van der Waals surface area (Å²) in [7, 11) is 1.76. The van der Waals surface area contributed by atoms with Gasteiger partial charge < -0.3 is 10.2 Å². The van der Waals surface area contributed by atoms with Crippen molar-refractivity contribution in [1.29, 1.82) is 0 Å². The van der Waals surface area contributed by atoms with Crippen LogP contribution in [0.1, 0.15) is 50.6 Å². The van der Waals surface area contributed by atoms with Gasteiger partial charge in [-0.2, -0.15) is 0 Å². The molecule has 2 heterocycles. The molecule has 0 fully saturated rings. The largest absolute Gasteiger partial charge is 0.443 e. The number of aryl methyl sites for hydroxylation is 1. The van der Waals surface area contributed by atoms with Gasteiger partial charge in [0.15, 0.2) is 12.2 Å². The van der Waals surface area contributed by atoms with Crippen LogP contribution in [0.2, 0.25) is 0 Å². The molecular formula is C28H34N4O. The van der Waals surface area contributed by atoms with Crippen molar-refractivity contribution in [1.82, 2.24) is 9.97 Å². The highest BCUT2D eigenvalue weighted by molar-refractivity contribution is 5.92. The van der Waals surface area contributed by atoms with E-state index in [1.54, 1.807) is 13.2 Å². The van der Waals surface area contributed by atoms with Crippen molar-refractivity contribution in [2.24, 2.45) is 10.7 Å². The minimum Gasteiger partial charge on any atom is -0.443 e. The maximum absolute atomic E-state index is 5.96. The SMILES string of the molecule is C=C(C)/C=C\C=C(C)C.CN=Cc1c(C)cc(-c2cccc(C(C)N)n2)cc1-c1cnco1. The average molecular weight is 443 g/mol. The summed E-state index contributed by atoms with van der Waals surface area (Å²) in [5.41, 5.74) is 14.2. The summed E-state index contributed by atoms with van der Waals surface area (Å²) in [5, 5.41) is 0. The van der Waals surface area contributed by atoms with Gasteiger partial charge in [0.25, 0.3) is 0 Å². The highest BCUT2D eigenvalue weighted by Gasteiger charge is 2.13. The van der Waals surface area contributed by atoms with Crippen molar-refractivity contribution in [2.45, 2.75) is 40.7 Å². The number of nitrogens with two attached hydrogens (primary N) is 1. The van der Waals surface area contributed by atoms with E-state index in [1.807, 2.05) is 50.4 Å². The van der Waals surface area contributed by atoms with E-state index in [0.29, 0.717) is 5.76 Å². The standard InChI is InChI=1S/C19H20N4O.C9H14/c1-12-7-14(18-6-4-5-17(23-18)13(2)20)8-15(16(12)9-21-3)19-10-22-11-24-19;1-8(2)6-5-7-9(3)4/h4-11,13H,20H2,1-3H3;5-7H,1H2,2-4H3/b;6-5-. The third kappa shape index (κ3) is 7.81. The molecule has 0 aliphatic carbocycles. The number of hydrogen-bond donors (Lipinski definition) is 1. The van der Waals surface area contributed by atoms with Gasteiger partial charge in [0, 0.05) is 36.0 Å². The van der Waals surface area contributed by atoms with E-state index in [2.05, 4.69) is 60.5 Å². The Balaban J connectivity index is 0.000000365. The zero-order valence-electron chi connectivity index (χ0n) is 20.5. The summed E-state index contributed by atoms with van der Waals surface area (Å²) in [6.07, 6.45) is 11.0. The van der Waals surface area contributed by atoms with Gasteiger partial charge in [-0.25, -0.2) is 4.98 Å². The fourth-order valence-electron chi connectivity index (χ4n) is 3.07. The summed E-state index contributed by atoms with van der Waals surface area (Å²) in [4.78, 5) is 12.9. The zero-order valence-corrected chi connectivity index (χ0v) is 20.5. The van der Waals surface area contributed by atoms with Crippen LogP contribution in [0.5, 0.6) is 0 Å². The fraction of sp³-hybridized carbons (Fsp3) is 0.250. The Morgan fingerprint density at radius 1 is 1.21 bits per heavy atom. The number of hydrogen-bond acceptors (Lipinski definition) is 5. The molecule has 3 rings (SSSR count). The highest BCUT2D eigenvalue weighted by Crippen LogP contribution is 2.31. The molecule has 2 aromatic heterocycles. The van der Waals surface area contributed by atoms with Crippen LogP contribution >= 0.6 is 0 Å². The Bertz CT molecular complexity index is 1150. The lowest BCUT2D eigenvalue weighted by Gasteiger charge is -2.12. The molecule has 3 aromatic rings. The summed E-state index contributed by atoms with van der Waals surface area (Å²) >= 11 is 0. The van der Waals surface area contributed by atoms with E-state index in [1.165, 1.54) is 12.0 Å². The number of rotatable bonds is 6. The number of allylic oxidation sites excluding steroid dienone is 5. The number of nitrogens with zero attached hydrogens (tertiary/aromatic N) is 3. The van der Waals surface area contributed by atoms with Gasteiger partial charge in [-0.3, -0.25) is 9.98 Å². The van der Waals surface area contributed by atoms with Crippen LogP contribution in [0.25, 0.3) is 22.6 Å². The van der Waals surface area contributed by atoms with Crippen molar-refractivity contribution in [2.75, 3.05) is 7.05 Å². The summed E-state index contributed by atoms with van der Waals surface area (Å²) in [6.45, 7) is 13.8. The second-order valence-corrected chi connectivity index (χ2v) is 8.19. The van der Waals surface area contributed by atoms with Crippen LogP contribution in [-0.4, -0.2) is 23.2 Å². The summed E-state index contributed by atoms with van der Waals surface area (Å²) < 4.78 is 5.50. The normalized spacial score (nSPS) is 11.8. The van der Waals surface area contributed by atoms with Gasteiger partial charge in [-0.15, -0.1) is 0 Å². The number of aromatic nitrogens is 2. The number of benzene rings is 1. The predicted molar refractivity (Wildman–Crippen MR) is 139 cm³/mol. The first kappa shape index (κ1) is 25.7. The molecule has 0 saturated heterocycles. The number of pyridine rings is 1. The molecule has 1 unspecified atom stereocenters. The lowest BCUT2D eigenvalue weighted by molar-refractivity contribution is 0.572. The molecule has 5 nitrogen and oxygen atoms in total. The number of oxazole rings is 1. The molecule has 172 valence electrons. The molecule has 1 aromatic carbocycles. The summed E-state index contributed by atoms with van der Waals surface area (Å²) in [6, 6.07) is 9.95. The van der Waals surface area contributed by atoms with Crippen molar-refractivity contribution >= 4 is 6.21 Å². The lowest BCUT2D eigenvalue weighted by Crippen LogP contribution is -2.07. The first-order valence-corrected chi connectivity index (χ1v) is 10.9.